The van der Waals surface area contributed by atoms with Crippen molar-refractivity contribution in [3.8, 4) is 0 Å². The number of carbonyl (C=O) groups excluding carboxylic acids is 1. The summed E-state index contributed by atoms with van der Waals surface area (Å²) in [5.41, 5.74) is -0.505. The van der Waals surface area contributed by atoms with Crippen molar-refractivity contribution in [2.45, 2.75) is 52.6 Å². The van der Waals surface area contributed by atoms with E-state index < -0.39 is 11.7 Å². The molecule has 0 rings (SSSR count). The van der Waals surface area contributed by atoms with E-state index in [1.165, 1.54) is 4.90 Å². The predicted octanol–water partition coefficient (Wildman–Crippen LogP) is 2.36. The number of ether oxygens (including phenoxy) is 1. The van der Waals surface area contributed by atoms with Gasteiger partial charge in [0, 0.05) is 6.54 Å². The third-order valence-electron chi connectivity index (χ3n) is 1.85. The number of aliphatic hydroxyl groups is 1. The molecule has 1 N–H and O–H groups in total. The van der Waals surface area contributed by atoms with E-state index in [2.05, 4.69) is 6.92 Å². The first-order chi connectivity index (χ1) is 6.90. The second-order valence-corrected chi connectivity index (χ2v) is 4.59. The molecular weight excluding hydrogens is 194 g/mol. The molecule has 0 bridgehead atoms. The average molecular weight is 217 g/mol. The minimum Gasteiger partial charge on any atom is -0.444 e. The van der Waals surface area contributed by atoms with Crippen molar-refractivity contribution in [3.63, 3.8) is 0 Å². The Balaban J connectivity index is 3.99. The second-order valence-electron chi connectivity index (χ2n) is 4.59. The van der Waals surface area contributed by atoms with Gasteiger partial charge in [0.1, 0.15) is 12.3 Å². The Morgan fingerprint density at radius 3 is 2.33 bits per heavy atom. The van der Waals surface area contributed by atoms with Crippen LogP contribution in [0.15, 0.2) is 0 Å². The fourth-order valence-corrected chi connectivity index (χ4v) is 1.10. The number of carbonyl (C=O) groups is 1. The number of unbranched alkanes of at least 4 members (excludes halogenated alkanes) is 2. The highest BCUT2D eigenvalue weighted by Gasteiger charge is 2.20. The van der Waals surface area contributed by atoms with Gasteiger partial charge in [0.15, 0.2) is 0 Å². The van der Waals surface area contributed by atoms with Gasteiger partial charge in [-0.05, 0) is 27.2 Å². The van der Waals surface area contributed by atoms with Crippen LogP contribution in [0, 0.1) is 0 Å². The first-order valence-electron chi connectivity index (χ1n) is 5.49. The van der Waals surface area contributed by atoms with E-state index in [9.17, 15) is 4.79 Å². The van der Waals surface area contributed by atoms with Crippen LogP contribution in [-0.2, 0) is 4.74 Å². The van der Waals surface area contributed by atoms with E-state index in [-0.39, 0.29) is 6.73 Å². The van der Waals surface area contributed by atoms with E-state index in [1.54, 1.807) is 0 Å². The SMILES string of the molecule is CCCCCN(CO)C(=O)OC(C)(C)C. The van der Waals surface area contributed by atoms with E-state index >= 15 is 0 Å². The van der Waals surface area contributed by atoms with Crippen molar-refractivity contribution >= 4 is 6.09 Å². The third kappa shape index (κ3) is 7.19. The summed E-state index contributed by atoms with van der Waals surface area (Å²) in [6.07, 6.45) is 2.60. The molecule has 1 amide bonds. The summed E-state index contributed by atoms with van der Waals surface area (Å²) in [6.45, 7) is 7.81. The molecule has 0 aliphatic carbocycles. The molecule has 0 unspecified atom stereocenters. The van der Waals surface area contributed by atoms with Gasteiger partial charge in [-0.2, -0.15) is 0 Å². The van der Waals surface area contributed by atoms with Crippen molar-refractivity contribution in [2.75, 3.05) is 13.3 Å². The number of hydrogen-bond acceptors (Lipinski definition) is 3. The Bertz CT molecular complexity index is 187. The summed E-state index contributed by atoms with van der Waals surface area (Å²) in [5, 5.41) is 9.02. The molecule has 0 aromatic carbocycles. The van der Waals surface area contributed by atoms with Crippen LogP contribution in [0.5, 0.6) is 0 Å². The molecular formula is C11H23NO3. The highest BCUT2D eigenvalue weighted by molar-refractivity contribution is 5.67. The predicted molar refractivity (Wildman–Crippen MR) is 59.6 cm³/mol. The average Bonchev–Trinajstić information content (AvgIpc) is 2.09. The van der Waals surface area contributed by atoms with Crippen molar-refractivity contribution in [1.82, 2.24) is 4.90 Å². The Morgan fingerprint density at radius 1 is 1.33 bits per heavy atom. The summed E-state index contributed by atoms with van der Waals surface area (Å²) >= 11 is 0. The van der Waals surface area contributed by atoms with Gasteiger partial charge in [0.05, 0.1) is 0 Å². The molecule has 0 aliphatic heterocycles. The first-order valence-corrected chi connectivity index (χ1v) is 5.49. The maximum atomic E-state index is 11.5. The molecule has 4 nitrogen and oxygen atoms in total. The lowest BCUT2D eigenvalue weighted by Crippen LogP contribution is -2.37. The van der Waals surface area contributed by atoms with Crippen LogP contribution in [0.4, 0.5) is 4.79 Å². The first kappa shape index (κ1) is 14.2. The zero-order valence-electron chi connectivity index (χ0n) is 10.2. The fraction of sp³-hybridized carbons (Fsp3) is 0.909. The third-order valence-corrected chi connectivity index (χ3v) is 1.85. The summed E-state index contributed by atoms with van der Waals surface area (Å²) in [6, 6.07) is 0. The van der Waals surface area contributed by atoms with Crippen molar-refractivity contribution < 1.29 is 14.6 Å². The van der Waals surface area contributed by atoms with E-state index in [4.69, 9.17) is 9.84 Å². The molecule has 4 heteroatoms. The van der Waals surface area contributed by atoms with Gasteiger partial charge in [0.2, 0.25) is 0 Å². The standard InChI is InChI=1S/C11H23NO3/c1-5-6-7-8-12(9-13)10(14)15-11(2,3)4/h13H,5-9H2,1-4H3. The molecule has 0 heterocycles. The van der Waals surface area contributed by atoms with Gasteiger partial charge in [-0.3, -0.25) is 4.90 Å². The fourth-order valence-electron chi connectivity index (χ4n) is 1.10. The monoisotopic (exact) mass is 217 g/mol. The molecule has 90 valence electrons. The van der Waals surface area contributed by atoms with E-state index in [1.807, 2.05) is 20.8 Å². The van der Waals surface area contributed by atoms with Crippen molar-refractivity contribution in [2.24, 2.45) is 0 Å². The molecule has 0 radical (unpaired) electrons. The molecule has 0 aromatic heterocycles. The smallest absolute Gasteiger partial charge is 0.412 e. The van der Waals surface area contributed by atoms with Crippen LogP contribution in [0.1, 0.15) is 47.0 Å². The summed E-state index contributed by atoms with van der Waals surface area (Å²) in [5.74, 6) is 0. The lowest BCUT2D eigenvalue weighted by atomic mass is 10.2. The molecule has 0 aliphatic rings. The zero-order chi connectivity index (χ0) is 11.9. The molecule has 0 fully saturated rings. The van der Waals surface area contributed by atoms with Crippen LogP contribution >= 0.6 is 0 Å². The molecule has 0 aromatic rings. The highest BCUT2D eigenvalue weighted by Crippen LogP contribution is 2.10. The lowest BCUT2D eigenvalue weighted by Gasteiger charge is -2.25. The van der Waals surface area contributed by atoms with Gasteiger partial charge in [-0.1, -0.05) is 19.8 Å². The van der Waals surface area contributed by atoms with Crippen LogP contribution < -0.4 is 0 Å². The molecule has 15 heavy (non-hydrogen) atoms. The zero-order valence-corrected chi connectivity index (χ0v) is 10.2. The largest absolute Gasteiger partial charge is 0.444 e. The Hall–Kier alpha value is -0.770. The Kier molecular flexibility index (Phi) is 6.32. The minimum atomic E-state index is -0.505. The number of aliphatic hydroxyl groups excluding tert-OH is 1. The van der Waals surface area contributed by atoms with E-state index in [0.29, 0.717) is 6.54 Å². The minimum absolute atomic E-state index is 0.279. The molecule has 0 spiro atoms. The quantitative estimate of drug-likeness (QED) is 0.568. The lowest BCUT2D eigenvalue weighted by molar-refractivity contribution is 0.00587. The maximum Gasteiger partial charge on any atom is 0.412 e. The summed E-state index contributed by atoms with van der Waals surface area (Å²) < 4.78 is 5.15. The Labute approximate surface area is 92.2 Å². The Morgan fingerprint density at radius 2 is 1.93 bits per heavy atom. The van der Waals surface area contributed by atoms with Gasteiger partial charge in [0.25, 0.3) is 0 Å². The topological polar surface area (TPSA) is 49.8 Å². The van der Waals surface area contributed by atoms with Crippen LogP contribution in [0.3, 0.4) is 0 Å². The maximum absolute atomic E-state index is 11.5. The van der Waals surface area contributed by atoms with Crippen LogP contribution in [-0.4, -0.2) is 35.0 Å². The van der Waals surface area contributed by atoms with Crippen molar-refractivity contribution in [3.05, 3.63) is 0 Å². The number of rotatable bonds is 5. The summed E-state index contributed by atoms with van der Waals surface area (Å²) in [7, 11) is 0. The molecule has 0 saturated carbocycles. The summed E-state index contributed by atoms with van der Waals surface area (Å²) in [4.78, 5) is 12.8. The highest BCUT2D eigenvalue weighted by atomic mass is 16.6. The van der Waals surface area contributed by atoms with Crippen molar-refractivity contribution in [1.29, 1.82) is 0 Å². The number of hydrogen-bond donors (Lipinski definition) is 1. The normalized spacial score (nSPS) is 11.3. The molecule has 0 saturated heterocycles. The number of nitrogens with zero attached hydrogens (tertiary/aromatic N) is 1. The van der Waals surface area contributed by atoms with Gasteiger partial charge >= 0.3 is 6.09 Å². The van der Waals surface area contributed by atoms with Gasteiger partial charge < -0.3 is 9.84 Å². The van der Waals surface area contributed by atoms with E-state index in [0.717, 1.165) is 19.3 Å². The van der Waals surface area contributed by atoms with Crippen LogP contribution in [0.2, 0.25) is 0 Å². The molecule has 0 atom stereocenters. The second kappa shape index (κ2) is 6.67. The number of amides is 1. The van der Waals surface area contributed by atoms with Gasteiger partial charge in [-0.15, -0.1) is 0 Å². The van der Waals surface area contributed by atoms with Gasteiger partial charge in [-0.25, -0.2) is 4.79 Å². The van der Waals surface area contributed by atoms with Crippen LogP contribution in [0.25, 0.3) is 0 Å².